The van der Waals surface area contributed by atoms with Crippen LogP contribution in [0.2, 0.25) is 5.28 Å². The Morgan fingerprint density at radius 2 is 2.27 bits per heavy atom. The van der Waals surface area contributed by atoms with Crippen LogP contribution in [-0.2, 0) is 14.9 Å². The van der Waals surface area contributed by atoms with Crippen molar-refractivity contribution in [2.75, 3.05) is 6.61 Å². The third-order valence-electron chi connectivity index (χ3n) is 2.05. The number of ether oxygens (including phenoxy) is 1. The highest BCUT2D eigenvalue weighted by Crippen LogP contribution is 2.23. The molecular weight excluding hydrogens is 216 g/mol. The molecule has 0 spiro atoms. The molecule has 1 aromatic heterocycles. The fourth-order valence-corrected chi connectivity index (χ4v) is 1.25. The van der Waals surface area contributed by atoms with Crippen molar-refractivity contribution in [2.45, 2.75) is 26.2 Å². The van der Waals surface area contributed by atoms with Gasteiger partial charge < -0.3 is 4.74 Å². The molecule has 15 heavy (non-hydrogen) atoms. The second-order valence-corrected chi connectivity index (χ2v) is 3.89. The van der Waals surface area contributed by atoms with E-state index >= 15 is 0 Å². The summed E-state index contributed by atoms with van der Waals surface area (Å²) in [7, 11) is 0. The van der Waals surface area contributed by atoms with E-state index in [9.17, 15) is 4.79 Å². The Hall–Kier alpha value is -1.16. The van der Waals surface area contributed by atoms with Gasteiger partial charge in [0.15, 0.2) is 0 Å². The Bertz CT molecular complexity index is 366. The van der Waals surface area contributed by atoms with Crippen LogP contribution in [0.1, 0.15) is 26.5 Å². The molecule has 0 saturated heterocycles. The highest BCUT2D eigenvalue weighted by atomic mass is 35.5. The molecule has 0 fully saturated rings. The first-order valence-electron chi connectivity index (χ1n) is 4.64. The van der Waals surface area contributed by atoms with Crippen molar-refractivity contribution in [2.24, 2.45) is 0 Å². The van der Waals surface area contributed by atoms with E-state index in [2.05, 4.69) is 9.97 Å². The average Bonchev–Trinajstić information content (AvgIpc) is 2.18. The van der Waals surface area contributed by atoms with Crippen LogP contribution >= 0.6 is 11.6 Å². The second-order valence-electron chi connectivity index (χ2n) is 3.56. The fraction of sp³-hybridized carbons (Fsp3) is 0.500. The van der Waals surface area contributed by atoms with Crippen molar-refractivity contribution in [3.05, 3.63) is 23.2 Å². The summed E-state index contributed by atoms with van der Waals surface area (Å²) in [6.45, 7) is 5.59. The molecule has 0 saturated carbocycles. The van der Waals surface area contributed by atoms with E-state index in [1.807, 2.05) is 0 Å². The van der Waals surface area contributed by atoms with Gasteiger partial charge in [-0.15, -0.1) is 0 Å². The van der Waals surface area contributed by atoms with Crippen LogP contribution in [-0.4, -0.2) is 22.5 Å². The minimum Gasteiger partial charge on any atom is -0.465 e. The lowest BCUT2D eigenvalue weighted by Crippen LogP contribution is -2.32. The van der Waals surface area contributed by atoms with Crippen LogP contribution in [0.3, 0.4) is 0 Å². The van der Waals surface area contributed by atoms with Crippen LogP contribution < -0.4 is 0 Å². The van der Waals surface area contributed by atoms with Gasteiger partial charge in [-0.2, -0.15) is 0 Å². The second kappa shape index (κ2) is 4.57. The van der Waals surface area contributed by atoms with Crippen molar-refractivity contribution in [3.63, 3.8) is 0 Å². The molecule has 4 nitrogen and oxygen atoms in total. The lowest BCUT2D eigenvalue weighted by Gasteiger charge is -2.21. The van der Waals surface area contributed by atoms with Gasteiger partial charge in [-0.25, -0.2) is 9.97 Å². The number of nitrogens with zero attached hydrogens (tertiary/aromatic N) is 2. The minimum atomic E-state index is -0.803. The Morgan fingerprint density at radius 1 is 1.60 bits per heavy atom. The lowest BCUT2D eigenvalue weighted by molar-refractivity contribution is -0.148. The van der Waals surface area contributed by atoms with E-state index in [1.165, 1.54) is 6.20 Å². The smallest absolute Gasteiger partial charge is 0.317 e. The van der Waals surface area contributed by atoms with Crippen LogP contribution in [0.4, 0.5) is 0 Å². The predicted octanol–water partition coefficient (Wildman–Crippen LogP) is 1.97. The number of esters is 1. The molecule has 0 aliphatic heterocycles. The molecule has 0 aromatic carbocycles. The van der Waals surface area contributed by atoms with Gasteiger partial charge in [0, 0.05) is 6.20 Å². The van der Waals surface area contributed by atoms with Gasteiger partial charge in [-0.05, 0) is 38.4 Å². The van der Waals surface area contributed by atoms with Crippen LogP contribution in [0.15, 0.2) is 12.3 Å². The summed E-state index contributed by atoms with van der Waals surface area (Å²) in [5.41, 5.74) is -0.247. The van der Waals surface area contributed by atoms with Gasteiger partial charge in [0.1, 0.15) is 5.41 Å². The summed E-state index contributed by atoms with van der Waals surface area (Å²) >= 11 is 5.66. The Balaban J connectivity index is 2.99. The van der Waals surface area contributed by atoms with Crippen molar-refractivity contribution >= 4 is 17.6 Å². The molecule has 1 rings (SSSR count). The molecule has 1 heterocycles. The fourth-order valence-electron chi connectivity index (χ4n) is 1.10. The number of halogens is 1. The highest BCUT2D eigenvalue weighted by Gasteiger charge is 2.33. The van der Waals surface area contributed by atoms with Gasteiger partial charge >= 0.3 is 5.97 Å². The van der Waals surface area contributed by atoms with E-state index in [4.69, 9.17) is 16.3 Å². The summed E-state index contributed by atoms with van der Waals surface area (Å²) in [4.78, 5) is 19.4. The Kier molecular flexibility index (Phi) is 3.63. The lowest BCUT2D eigenvalue weighted by atomic mass is 9.89. The van der Waals surface area contributed by atoms with E-state index in [0.717, 1.165) is 0 Å². The van der Waals surface area contributed by atoms with E-state index in [1.54, 1.807) is 26.8 Å². The standard InChI is InChI=1S/C10H13ClN2O2/c1-4-15-8(14)10(2,3)7-5-6-12-9(11)13-7/h5-6H,4H2,1-3H3. The summed E-state index contributed by atoms with van der Waals surface area (Å²) in [6.07, 6.45) is 1.52. The van der Waals surface area contributed by atoms with Crippen LogP contribution in [0.25, 0.3) is 0 Å². The largest absolute Gasteiger partial charge is 0.465 e. The number of carbonyl (C=O) groups excluding carboxylic acids is 1. The first-order valence-corrected chi connectivity index (χ1v) is 5.02. The molecule has 1 aromatic rings. The zero-order valence-electron chi connectivity index (χ0n) is 8.95. The van der Waals surface area contributed by atoms with Gasteiger partial charge in [-0.1, -0.05) is 0 Å². The molecule has 0 unspecified atom stereocenters. The number of aromatic nitrogens is 2. The summed E-state index contributed by atoms with van der Waals surface area (Å²) in [5, 5.41) is 0.130. The third kappa shape index (κ3) is 2.65. The zero-order valence-corrected chi connectivity index (χ0v) is 9.71. The summed E-state index contributed by atoms with van der Waals surface area (Å²) < 4.78 is 4.96. The molecule has 0 radical (unpaired) electrons. The number of hydrogen-bond donors (Lipinski definition) is 0. The van der Waals surface area contributed by atoms with Gasteiger partial charge in [0.25, 0.3) is 0 Å². The van der Waals surface area contributed by atoms with Crippen LogP contribution in [0, 0.1) is 0 Å². The SMILES string of the molecule is CCOC(=O)C(C)(C)c1ccnc(Cl)n1. The van der Waals surface area contributed by atoms with Gasteiger partial charge in [0.2, 0.25) is 5.28 Å². The molecule has 0 atom stereocenters. The molecule has 82 valence electrons. The highest BCUT2D eigenvalue weighted by molar-refractivity contribution is 6.28. The molecule has 0 aliphatic rings. The maximum Gasteiger partial charge on any atom is 0.317 e. The molecular formula is C10H13ClN2O2. The van der Waals surface area contributed by atoms with Crippen molar-refractivity contribution in [1.82, 2.24) is 9.97 Å². The maximum atomic E-state index is 11.7. The molecule has 0 bridgehead atoms. The summed E-state index contributed by atoms with van der Waals surface area (Å²) in [5.74, 6) is -0.320. The predicted molar refractivity (Wildman–Crippen MR) is 56.7 cm³/mol. The average molecular weight is 229 g/mol. The van der Waals surface area contributed by atoms with Crippen molar-refractivity contribution < 1.29 is 9.53 Å². The zero-order chi connectivity index (χ0) is 11.5. The van der Waals surface area contributed by atoms with E-state index < -0.39 is 5.41 Å². The van der Waals surface area contributed by atoms with Crippen LogP contribution in [0.5, 0.6) is 0 Å². The quantitative estimate of drug-likeness (QED) is 0.586. The first kappa shape index (κ1) is 11.9. The van der Waals surface area contributed by atoms with E-state index in [0.29, 0.717) is 12.3 Å². The third-order valence-corrected chi connectivity index (χ3v) is 2.23. The van der Waals surface area contributed by atoms with Gasteiger partial charge in [0.05, 0.1) is 12.3 Å². The molecule has 0 N–H and O–H groups in total. The van der Waals surface area contributed by atoms with Gasteiger partial charge in [-0.3, -0.25) is 4.79 Å². The monoisotopic (exact) mass is 228 g/mol. The minimum absolute atomic E-state index is 0.130. The van der Waals surface area contributed by atoms with Crippen molar-refractivity contribution in [1.29, 1.82) is 0 Å². The normalized spacial score (nSPS) is 11.2. The number of hydrogen-bond acceptors (Lipinski definition) is 4. The maximum absolute atomic E-state index is 11.7. The summed E-state index contributed by atoms with van der Waals surface area (Å²) in [6, 6.07) is 1.66. The Labute approximate surface area is 93.6 Å². The number of rotatable bonds is 3. The molecule has 0 aliphatic carbocycles. The topological polar surface area (TPSA) is 52.1 Å². The first-order chi connectivity index (χ1) is 6.98. The van der Waals surface area contributed by atoms with Crippen molar-refractivity contribution in [3.8, 4) is 0 Å². The molecule has 0 amide bonds. The number of carbonyl (C=O) groups is 1. The molecule has 5 heteroatoms. The van der Waals surface area contributed by atoms with E-state index in [-0.39, 0.29) is 11.3 Å². The Morgan fingerprint density at radius 3 is 2.80 bits per heavy atom.